The molecule has 13 heavy (non-hydrogen) atoms. The van der Waals surface area contributed by atoms with Gasteiger partial charge in [-0.25, -0.2) is 0 Å². The highest BCUT2D eigenvalue weighted by atomic mass is 16.4. The molecule has 0 aliphatic carbocycles. The van der Waals surface area contributed by atoms with Gasteiger partial charge in [0.05, 0.1) is 19.8 Å². The van der Waals surface area contributed by atoms with Gasteiger partial charge in [-0.1, -0.05) is 0 Å². The summed E-state index contributed by atoms with van der Waals surface area (Å²) < 4.78 is 0. The SMILES string of the molecule is N[C@@H](CO)C(=O)O.OCC(O)CO. The zero-order chi connectivity index (χ0) is 10.9. The Balaban J connectivity index is 0. The smallest absolute Gasteiger partial charge is 0.322 e. The summed E-state index contributed by atoms with van der Waals surface area (Å²) in [7, 11) is 0. The summed E-state index contributed by atoms with van der Waals surface area (Å²) in [6.45, 7) is -1.23. The Morgan fingerprint density at radius 1 is 1.15 bits per heavy atom. The quantitative estimate of drug-likeness (QED) is 0.277. The van der Waals surface area contributed by atoms with Crippen LogP contribution < -0.4 is 5.73 Å². The second-order valence-electron chi connectivity index (χ2n) is 2.15. The fourth-order valence-electron chi connectivity index (χ4n) is 0.136. The Kier molecular flexibility index (Phi) is 10.6. The monoisotopic (exact) mass is 197 g/mol. The van der Waals surface area contributed by atoms with E-state index in [9.17, 15) is 4.79 Å². The predicted octanol–water partition coefficient (Wildman–Crippen LogP) is -3.28. The number of hydrogen-bond acceptors (Lipinski definition) is 6. The van der Waals surface area contributed by atoms with Crippen LogP contribution in [0.3, 0.4) is 0 Å². The normalized spacial score (nSPS) is 11.8. The molecule has 0 bridgehead atoms. The van der Waals surface area contributed by atoms with Gasteiger partial charge in [0.25, 0.3) is 0 Å². The first-order valence-corrected chi connectivity index (χ1v) is 3.48. The summed E-state index contributed by atoms with van der Waals surface area (Å²) >= 11 is 0. The van der Waals surface area contributed by atoms with E-state index in [4.69, 9.17) is 31.3 Å². The molecular weight excluding hydrogens is 182 g/mol. The summed E-state index contributed by atoms with van der Waals surface area (Å²) in [6.07, 6.45) is -0.954. The maximum absolute atomic E-state index is 9.65. The van der Waals surface area contributed by atoms with Crippen LogP contribution in [-0.4, -0.2) is 63.5 Å². The van der Waals surface area contributed by atoms with E-state index in [0.717, 1.165) is 0 Å². The maximum atomic E-state index is 9.65. The van der Waals surface area contributed by atoms with Gasteiger partial charge in [-0.3, -0.25) is 4.79 Å². The first-order chi connectivity index (χ1) is 5.99. The van der Waals surface area contributed by atoms with Crippen LogP contribution in [0.15, 0.2) is 0 Å². The van der Waals surface area contributed by atoms with Crippen LogP contribution >= 0.6 is 0 Å². The molecule has 0 aromatic carbocycles. The molecule has 0 aliphatic rings. The van der Waals surface area contributed by atoms with Crippen molar-refractivity contribution in [3.05, 3.63) is 0 Å². The van der Waals surface area contributed by atoms with E-state index in [0.29, 0.717) is 0 Å². The number of nitrogens with two attached hydrogens (primary N) is 1. The van der Waals surface area contributed by atoms with Gasteiger partial charge in [-0.15, -0.1) is 0 Å². The van der Waals surface area contributed by atoms with Crippen molar-refractivity contribution >= 4 is 5.97 Å². The van der Waals surface area contributed by atoms with Crippen LogP contribution in [-0.2, 0) is 4.79 Å². The Morgan fingerprint density at radius 2 is 1.54 bits per heavy atom. The Morgan fingerprint density at radius 3 is 1.54 bits per heavy atom. The molecule has 7 N–H and O–H groups in total. The van der Waals surface area contributed by atoms with Crippen molar-refractivity contribution in [2.24, 2.45) is 5.73 Å². The minimum Gasteiger partial charge on any atom is -0.480 e. The topological polar surface area (TPSA) is 144 Å². The highest BCUT2D eigenvalue weighted by Crippen LogP contribution is 1.72. The molecule has 0 amide bonds. The van der Waals surface area contributed by atoms with Gasteiger partial charge in [0.2, 0.25) is 0 Å². The number of hydrogen-bond donors (Lipinski definition) is 6. The maximum Gasteiger partial charge on any atom is 0.322 e. The molecule has 80 valence electrons. The van der Waals surface area contributed by atoms with E-state index in [1.165, 1.54) is 0 Å². The molecule has 1 atom stereocenters. The molecule has 0 heterocycles. The average Bonchev–Trinajstić information content (AvgIpc) is 2.16. The predicted molar refractivity (Wildman–Crippen MR) is 42.9 cm³/mol. The lowest BCUT2D eigenvalue weighted by atomic mass is 10.3. The van der Waals surface area contributed by atoms with Crippen molar-refractivity contribution in [3.8, 4) is 0 Å². The van der Waals surface area contributed by atoms with E-state index in [1.54, 1.807) is 0 Å². The van der Waals surface area contributed by atoms with Crippen LogP contribution in [0.4, 0.5) is 0 Å². The zero-order valence-corrected chi connectivity index (χ0v) is 7.00. The van der Waals surface area contributed by atoms with Gasteiger partial charge in [0.1, 0.15) is 12.1 Å². The number of carbonyl (C=O) groups is 1. The van der Waals surface area contributed by atoms with Crippen molar-refractivity contribution in [2.75, 3.05) is 19.8 Å². The number of carboxylic acid groups (broad SMARTS) is 1. The van der Waals surface area contributed by atoms with E-state index in [-0.39, 0.29) is 13.2 Å². The van der Waals surface area contributed by atoms with Gasteiger partial charge in [-0.05, 0) is 0 Å². The summed E-state index contributed by atoms with van der Waals surface area (Å²) in [5, 5.41) is 39.9. The van der Waals surface area contributed by atoms with Gasteiger partial charge < -0.3 is 31.3 Å². The number of aliphatic hydroxyl groups is 4. The molecule has 0 spiro atoms. The molecule has 0 radical (unpaired) electrons. The van der Waals surface area contributed by atoms with Gasteiger partial charge >= 0.3 is 5.97 Å². The Bertz CT molecular complexity index is 126. The summed E-state index contributed by atoms with van der Waals surface area (Å²) in [6, 6.07) is -1.13. The summed E-state index contributed by atoms with van der Waals surface area (Å²) in [5.74, 6) is -1.18. The molecule has 0 saturated carbocycles. The third-order valence-corrected chi connectivity index (χ3v) is 0.935. The largest absolute Gasteiger partial charge is 0.480 e. The fourth-order valence-corrected chi connectivity index (χ4v) is 0.136. The van der Waals surface area contributed by atoms with E-state index < -0.39 is 24.7 Å². The van der Waals surface area contributed by atoms with Crippen LogP contribution in [0.25, 0.3) is 0 Å². The molecular formula is C6H15NO6. The molecule has 0 rings (SSSR count). The van der Waals surface area contributed by atoms with Crippen molar-refractivity contribution in [1.82, 2.24) is 0 Å². The minimum atomic E-state index is -1.18. The molecule has 0 unspecified atom stereocenters. The number of carboxylic acids is 1. The number of rotatable bonds is 4. The third kappa shape index (κ3) is 11.3. The molecule has 0 fully saturated rings. The van der Waals surface area contributed by atoms with E-state index in [1.807, 2.05) is 0 Å². The lowest BCUT2D eigenvalue weighted by Crippen LogP contribution is -2.33. The standard InChI is InChI=1S/C3H7NO3.C3H8O3/c4-2(1-5)3(6)7;4-1-3(6)2-5/h2,5H,1,4H2,(H,6,7);3-6H,1-2H2/t2-;/m0./s1. The number of aliphatic hydroxyl groups excluding tert-OH is 4. The second kappa shape index (κ2) is 9.36. The van der Waals surface area contributed by atoms with Crippen LogP contribution in [0.2, 0.25) is 0 Å². The van der Waals surface area contributed by atoms with Gasteiger partial charge in [0, 0.05) is 0 Å². The Hall–Kier alpha value is -0.730. The number of aliphatic carboxylic acids is 1. The highest BCUT2D eigenvalue weighted by molar-refractivity contribution is 5.73. The van der Waals surface area contributed by atoms with Crippen LogP contribution in [0.1, 0.15) is 0 Å². The first-order valence-electron chi connectivity index (χ1n) is 3.48. The molecule has 0 aliphatic heterocycles. The average molecular weight is 197 g/mol. The second-order valence-corrected chi connectivity index (χ2v) is 2.15. The van der Waals surface area contributed by atoms with E-state index >= 15 is 0 Å². The molecule has 0 aromatic rings. The van der Waals surface area contributed by atoms with Crippen molar-refractivity contribution < 1.29 is 30.3 Å². The summed E-state index contributed by atoms with van der Waals surface area (Å²) in [4.78, 5) is 9.65. The third-order valence-electron chi connectivity index (χ3n) is 0.935. The van der Waals surface area contributed by atoms with Crippen LogP contribution in [0.5, 0.6) is 0 Å². The highest BCUT2D eigenvalue weighted by Gasteiger charge is 2.06. The molecule has 7 heteroatoms. The van der Waals surface area contributed by atoms with Crippen molar-refractivity contribution in [3.63, 3.8) is 0 Å². The first kappa shape index (κ1) is 14.8. The Labute approximate surface area is 75.0 Å². The van der Waals surface area contributed by atoms with Crippen molar-refractivity contribution in [1.29, 1.82) is 0 Å². The zero-order valence-electron chi connectivity index (χ0n) is 7.00. The van der Waals surface area contributed by atoms with E-state index in [2.05, 4.69) is 0 Å². The summed E-state index contributed by atoms with van der Waals surface area (Å²) in [5.41, 5.74) is 4.77. The molecule has 7 nitrogen and oxygen atoms in total. The lowest BCUT2D eigenvalue weighted by Gasteiger charge is -1.96. The molecule has 0 saturated heterocycles. The molecule has 0 aromatic heterocycles. The lowest BCUT2D eigenvalue weighted by molar-refractivity contribution is -0.139. The minimum absolute atomic E-state index is 0.365. The fraction of sp³-hybridized carbons (Fsp3) is 0.833. The van der Waals surface area contributed by atoms with Crippen LogP contribution in [0, 0.1) is 0 Å². The van der Waals surface area contributed by atoms with Gasteiger partial charge in [0.15, 0.2) is 0 Å². The van der Waals surface area contributed by atoms with Gasteiger partial charge in [-0.2, -0.15) is 0 Å². The van der Waals surface area contributed by atoms with Crippen molar-refractivity contribution in [2.45, 2.75) is 12.1 Å².